The molecule has 1 aromatic rings. The fourth-order valence-corrected chi connectivity index (χ4v) is 3.02. The van der Waals surface area contributed by atoms with Gasteiger partial charge in [-0.25, -0.2) is 13.1 Å². The number of thiophene rings is 1. The standard InChI is InChI=1S/C6H9N3O4S2/c7-3-4-8-15(12,13)6-2-1-5(14-6)9(10)11/h1-2,8H,3-4,7H2. The molecule has 0 saturated carbocycles. The van der Waals surface area contributed by atoms with Crippen LogP contribution in [0, 0.1) is 10.1 Å². The summed E-state index contributed by atoms with van der Waals surface area (Å²) in [5.74, 6) is 0. The van der Waals surface area contributed by atoms with Crippen LogP contribution in [-0.4, -0.2) is 26.4 Å². The topological polar surface area (TPSA) is 115 Å². The van der Waals surface area contributed by atoms with Gasteiger partial charge in [-0.2, -0.15) is 0 Å². The molecule has 15 heavy (non-hydrogen) atoms. The largest absolute Gasteiger partial charge is 0.329 e. The predicted octanol–water partition coefficient (Wildman–Crippen LogP) is -0.107. The van der Waals surface area contributed by atoms with E-state index in [2.05, 4.69) is 4.72 Å². The first kappa shape index (κ1) is 12.0. The summed E-state index contributed by atoms with van der Waals surface area (Å²) in [7, 11) is -3.65. The molecule has 0 amide bonds. The third kappa shape index (κ3) is 2.96. The number of nitrogens with two attached hydrogens (primary N) is 1. The van der Waals surface area contributed by atoms with E-state index in [1.54, 1.807) is 0 Å². The van der Waals surface area contributed by atoms with E-state index in [0.717, 1.165) is 6.07 Å². The summed E-state index contributed by atoms with van der Waals surface area (Å²) in [5.41, 5.74) is 5.14. The fraction of sp³-hybridized carbons (Fsp3) is 0.333. The van der Waals surface area contributed by atoms with Crippen molar-refractivity contribution in [1.29, 1.82) is 0 Å². The van der Waals surface area contributed by atoms with Crippen LogP contribution in [0.15, 0.2) is 16.3 Å². The summed E-state index contributed by atoms with van der Waals surface area (Å²) < 4.78 is 25.0. The molecule has 0 atom stereocenters. The van der Waals surface area contributed by atoms with Gasteiger partial charge in [0, 0.05) is 19.2 Å². The number of nitrogens with one attached hydrogen (secondary N) is 1. The zero-order chi connectivity index (χ0) is 11.5. The van der Waals surface area contributed by atoms with Crippen LogP contribution >= 0.6 is 11.3 Å². The third-order valence-electron chi connectivity index (χ3n) is 1.45. The van der Waals surface area contributed by atoms with E-state index in [9.17, 15) is 18.5 Å². The van der Waals surface area contributed by atoms with Crippen molar-refractivity contribution >= 4 is 26.4 Å². The van der Waals surface area contributed by atoms with Crippen molar-refractivity contribution in [3.8, 4) is 0 Å². The average molecular weight is 251 g/mol. The Morgan fingerprint density at radius 3 is 2.67 bits per heavy atom. The van der Waals surface area contributed by atoms with Crippen LogP contribution in [-0.2, 0) is 10.0 Å². The smallest absolute Gasteiger partial charge is 0.325 e. The Labute approximate surface area is 90.1 Å². The van der Waals surface area contributed by atoms with Gasteiger partial charge < -0.3 is 5.73 Å². The number of hydrogen-bond acceptors (Lipinski definition) is 6. The van der Waals surface area contributed by atoms with Crippen molar-refractivity contribution in [2.24, 2.45) is 5.73 Å². The second kappa shape index (κ2) is 4.66. The zero-order valence-corrected chi connectivity index (χ0v) is 9.18. The van der Waals surface area contributed by atoms with Gasteiger partial charge in [0.25, 0.3) is 0 Å². The molecule has 0 aliphatic rings. The van der Waals surface area contributed by atoms with Gasteiger partial charge in [0.1, 0.15) is 4.21 Å². The minimum absolute atomic E-state index is 0.0809. The van der Waals surface area contributed by atoms with Crippen molar-refractivity contribution in [1.82, 2.24) is 4.72 Å². The Bertz CT molecular complexity index is 453. The molecule has 7 nitrogen and oxygen atoms in total. The summed E-state index contributed by atoms with van der Waals surface area (Å²) >= 11 is 0.608. The molecule has 0 saturated heterocycles. The normalized spacial score (nSPS) is 11.5. The molecule has 9 heteroatoms. The van der Waals surface area contributed by atoms with Gasteiger partial charge in [0.15, 0.2) is 0 Å². The number of sulfonamides is 1. The third-order valence-corrected chi connectivity index (χ3v) is 4.44. The van der Waals surface area contributed by atoms with Crippen LogP contribution in [0.3, 0.4) is 0 Å². The lowest BCUT2D eigenvalue weighted by Crippen LogP contribution is -2.28. The highest BCUT2D eigenvalue weighted by molar-refractivity contribution is 7.91. The maximum Gasteiger partial charge on any atom is 0.325 e. The Morgan fingerprint density at radius 1 is 1.53 bits per heavy atom. The van der Waals surface area contributed by atoms with E-state index in [1.165, 1.54) is 6.07 Å². The average Bonchev–Trinajstić information content (AvgIpc) is 2.64. The van der Waals surface area contributed by atoms with E-state index in [0.29, 0.717) is 11.3 Å². The first-order valence-corrected chi connectivity index (χ1v) is 6.21. The van der Waals surface area contributed by atoms with Gasteiger partial charge in [-0.1, -0.05) is 0 Å². The van der Waals surface area contributed by atoms with E-state index < -0.39 is 14.9 Å². The summed E-state index contributed by atoms with van der Waals surface area (Å²) in [6, 6.07) is 2.35. The highest BCUT2D eigenvalue weighted by atomic mass is 32.2. The SMILES string of the molecule is NCCNS(=O)(=O)c1ccc([N+](=O)[O-])s1. The molecule has 0 fully saturated rings. The number of rotatable bonds is 5. The van der Waals surface area contributed by atoms with E-state index in [1.807, 2.05) is 0 Å². The van der Waals surface area contributed by atoms with Gasteiger partial charge in [-0.3, -0.25) is 10.1 Å². The predicted molar refractivity (Wildman–Crippen MR) is 55.2 cm³/mol. The number of nitrogens with zero attached hydrogens (tertiary/aromatic N) is 1. The van der Waals surface area contributed by atoms with Gasteiger partial charge in [0.2, 0.25) is 10.0 Å². The van der Waals surface area contributed by atoms with Crippen LogP contribution < -0.4 is 10.5 Å². The molecular formula is C6H9N3O4S2. The lowest BCUT2D eigenvalue weighted by atomic mass is 10.6. The molecule has 0 aromatic carbocycles. The summed E-state index contributed by atoms with van der Waals surface area (Å²) in [6.07, 6.45) is 0. The first-order chi connectivity index (χ1) is 6.97. The lowest BCUT2D eigenvalue weighted by molar-refractivity contribution is -0.380. The van der Waals surface area contributed by atoms with Crippen molar-refractivity contribution in [3.63, 3.8) is 0 Å². The van der Waals surface area contributed by atoms with E-state index in [-0.39, 0.29) is 22.3 Å². The minimum atomic E-state index is -3.65. The molecule has 0 bridgehead atoms. The van der Waals surface area contributed by atoms with E-state index >= 15 is 0 Å². The second-order valence-corrected chi connectivity index (χ2v) is 5.59. The van der Waals surface area contributed by atoms with Gasteiger partial charge in [-0.15, -0.1) is 0 Å². The molecule has 1 aromatic heterocycles. The minimum Gasteiger partial charge on any atom is -0.329 e. The van der Waals surface area contributed by atoms with Crippen molar-refractivity contribution < 1.29 is 13.3 Å². The Morgan fingerprint density at radius 2 is 2.20 bits per heavy atom. The monoisotopic (exact) mass is 251 g/mol. The number of hydrogen-bond donors (Lipinski definition) is 2. The van der Waals surface area contributed by atoms with Crippen LogP contribution in [0.25, 0.3) is 0 Å². The fourth-order valence-electron chi connectivity index (χ4n) is 0.817. The molecule has 0 unspecified atom stereocenters. The highest BCUT2D eigenvalue weighted by Crippen LogP contribution is 2.27. The molecule has 0 aliphatic heterocycles. The van der Waals surface area contributed by atoms with Crippen molar-refractivity contribution in [3.05, 3.63) is 22.2 Å². The molecule has 3 N–H and O–H groups in total. The van der Waals surface area contributed by atoms with Gasteiger partial charge >= 0.3 is 5.00 Å². The van der Waals surface area contributed by atoms with Gasteiger partial charge in [-0.05, 0) is 17.4 Å². The lowest BCUT2D eigenvalue weighted by Gasteiger charge is -2.00. The Kier molecular flexibility index (Phi) is 3.74. The zero-order valence-electron chi connectivity index (χ0n) is 7.54. The summed E-state index contributed by atoms with van der Waals surface area (Å²) in [6.45, 7) is 0.279. The van der Waals surface area contributed by atoms with Crippen molar-refractivity contribution in [2.45, 2.75) is 4.21 Å². The molecular weight excluding hydrogens is 242 g/mol. The van der Waals surface area contributed by atoms with Crippen LogP contribution in [0.5, 0.6) is 0 Å². The van der Waals surface area contributed by atoms with Crippen molar-refractivity contribution in [2.75, 3.05) is 13.1 Å². The second-order valence-electron chi connectivity index (χ2n) is 2.54. The molecule has 0 aliphatic carbocycles. The molecule has 1 heterocycles. The maximum absolute atomic E-state index is 11.4. The Hall–Kier alpha value is -1.03. The maximum atomic E-state index is 11.4. The van der Waals surface area contributed by atoms with Crippen LogP contribution in [0.2, 0.25) is 0 Å². The molecule has 84 valence electrons. The van der Waals surface area contributed by atoms with Crippen LogP contribution in [0.1, 0.15) is 0 Å². The molecule has 0 spiro atoms. The Balaban J connectivity index is 2.91. The summed E-state index contributed by atoms with van der Waals surface area (Å²) in [5, 5.41) is 10.1. The first-order valence-electron chi connectivity index (χ1n) is 3.91. The van der Waals surface area contributed by atoms with Gasteiger partial charge in [0.05, 0.1) is 4.92 Å². The molecule has 1 rings (SSSR count). The van der Waals surface area contributed by atoms with E-state index in [4.69, 9.17) is 5.73 Å². The molecule has 0 radical (unpaired) electrons. The highest BCUT2D eigenvalue weighted by Gasteiger charge is 2.19. The summed E-state index contributed by atoms with van der Waals surface area (Å²) in [4.78, 5) is 9.70. The number of nitro groups is 1. The van der Waals surface area contributed by atoms with Crippen LogP contribution in [0.4, 0.5) is 5.00 Å². The quantitative estimate of drug-likeness (QED) is 0.559.